The maximum atomic E-state index is 12.2. The van der Waals surface area contributed by atoms with Gasteiger partial charge in [-0.25, -0.2) is 0 Å². The zero-order valence-corrected chi connectivity index (χ0v) is 10.3. The van der Waals surface area contributed by atoms with E-state index in [1.165, 1.54) is 4.90 Å². The second kappa shape index (κ2) is 4.60. The van der Waals surface area contributed by atoms with Gasteiger partial charge in [0.1, 0.15) is 13.1 Å². The van der Waals surface area contributed by atoms with Crippen molar-refractivity contribution in [1.82, 2.24) is 10.2 Å². The van der Waals surface area contributed by atoms with E-state index in [1.54, 1.807) is 6.07 Å². The largest absolute Gasteiger partial charge is 0.320 e. The molecule has 0 atom stereocenters. The van der Waals surface area contributed by atoms with Gasteiger partial charge in [0, 0.05) is 5.56 Å². The summed E-state index contributed by atoms with van der Waals surface area (Å²) in [5.41, 5.74) is 2.44. The fraction of sp³-hybridized carbons (Fsp3) is 0.308. The van der Waals surface area contributed by atoms with Crippen molar-refractivity contribution in [3.63, 3.8) is 0 Å². The number of hydrogen-bond acceptors (Lipinski definition) is 3. The molecule has 0 aromatic heterocycles. The lowest BCUT2D eigenvalue weighted by molar-refractivity contribution is -0.135. The Hall–Kier alpha value is -2.17. The van der Waals surface area contributed by atoms with Gasteiger partial charge >= 0.3 is 0 Å². The van der Waals surface area contributed by atoms with Gasteiger partial charge in [0.2, 0.25) is 11.8 Å². The van der Waals surface area contributed by atoms with Crippen LogP contribution in [0.3, 0.4) is 0 Å². The number of piperazine rings is 1. The number of amides is 3. The molecule has 0 saturated carbocycles. The van der Waals surface area contributed by atoms with Gasteiger partial charge in [-0.3, -0.25) is 19.7 Å². The van der Waals surface area contributed by atoms with Crippen LogP contribution in [-0.2, 0) is 9.59 Å². The molecule has 0 bridgehead atoms. The van der Waals surface area contributed by atoms with Crippen molar-refractivity contribution in [2.45, 2.75) is 13.8 Å². The molecule has 5 nitrogen and oxygen atoms in total. The van der Waals surface area contributed by atoms with Gasteiger partial charge in [-0.05, 0) is 25.5 Å². The van der Waals surface area contributed by atoms with Crippen LogP contribution in [-0.4, -0.2) is 35.7 Å². The van der Waals surface area contributed by atoms with Crippen LogP contribution in [0.4, 0.5) is 0 Å². The number of carbonyl (C=O) groups is 3. The molecule has 1 N–H and O–H groups in total. The number of rotatable bonds is 1. The number of nitrogens with zero attached hydrogens (tertiary/aromatic N) is 1. The molecule has 94 valence electrons. The van der Waals surface area contributed by atoms with E-state index in [0.717, 1.165) is 11.1 Å². The van der Waals surface area contributed by atoms with E-state index >= 15 is 0 Å². The molecule has 1 aliphatic rings. The lowest BCUT2D eigenvalue weighted by Gasteiger charge is -2.26. The van der Waals surface area contributed by atoms with Crippen LogP contribution in [0.5, 0.6) is 0 Å². The molecule has 1 aromatic rings. The molecule has 5 heteroatoms. The number of nitrogens with one attached hydrogen (secondary N) is 1. The fourth-order valence-corrected chi connectivity index (χ4v) is 2.00. The van der Waals surface area contributed by atoms with Crippen LogP contribution >= 0.6 is 0 Å². The predicted octanol–water partition coefficient (Wildman–Crippen LogP) is 0.402. The number of imide groups is 1. The highest BCUT2D eigenvalue weighted by molar-refractivity contribution is 6.06. The molecule has 3 amide bonds. The van der Waals surface area contributed by atoms with Gasteiger partial charge in [0.15, 0.2) is 0 Å². The van der Waals surface area contributed by atoms with E-state index in [-0.39, 0.29) is 19.0 Å². The summed E-state index contributed by atoms with van der Waals surface area (Å²) in [4.78, 5) is 35.9. The second-order valence-electron chi connectivity index (χ2n) is 4.45. The maximum Gasteiger partial charge on any atom is 0.255 e. The van der Waals surface area contributed by atoms with Gasteiger partial charge in [-0.15, -0.1) is 0 Å². The topological polar surface area (TPSA) is 66.5 Å². The third-order valence-corrected chi connectivity index (χ3v) is 2.85. The van der Waals surface area contributed by atoms with E-state index in [0.29, 0.717) is 5.56 Å². The van der Waals surface area contributed by atoms with Crippen LogP contribution in [0.1, 0.15) is 21.5 Å². The van der Waals surface area contributed by atoms with Crippen LogP contribution in [0.25, 0.3) is 0 Å². The summed E-state index contributed by atoms with van der Waals surface area (Å²) < 4.78 is 0. The van der Waals surface area contributed by atoms with E-state index in [9.17, 15) is 14.4 Å². The molecule has 1 heterocycles. The smallest absolute Gasteiger partial charge is 0.255 e. The molecule has 0 radical (unpaired) electrons. The van der Waals surface area contributed by atoms with Crippen molar-refractivity contribution in [2.75, 3.05) is 13.1 Å². The molecule has 18 heavy (non-hydrogen) atoms. The van der Waals surface area contributed by atoms with Crippen molar-refractivity contribution in [2.24, 2.45) is 0 Å². The lowest BCUT2D eigenvalue weighted by Crippen LogP contribution is -2.53. The van der Waals surface area contributed by atoms with Crippen LogP contribution < -0.4 is 5.32 Å². The van der Waals surface area contributed by atoms with E-state index < -0.39 is 11.8 Å². The summed E-state index contributed by atoms with van der Waals surface area (Å²) in [5, 5.41) is 2.17. The molecule has 0 unspecified atom stereocenters. The Kier molecular flexibility index (Phi) is 3.14. The second-order valence-corrected chi connectivity index (χ2v) is 4.45. The van der Waals surface area contributed by atoms with Crippen molar-refractivity contribution < 1.29 is 14.4 Å². The molecule has 1 aromatic carbocycles. The first-order valence-electron chi connectivity index (χ1n) is 5.66. The Morgan fingerprint density at radius 2 is 1.78 bits per heavy atom. The average molecular weight is 246 g/mol. The zero-order chi connectivity index (χ0) is 13.3. The summed E-state index contributed by atoms with van der Waals surface area (Å²) in [6, 6.07) is 5.47. The highest BCUT2D eigenvalue weighted by Gasteiger charge is 2.27. The van der Waals surface area contributed by atoms with Crippen LogP contribution in [0, 0.1) is 13.8 Å². The molecule has 0 spiro atoms. The molecular weight excluding hydrogens is 232 g/mol. The Morgan fingerprint density at radius 3 is 2.33 bits per heavy atom. The molecule has 2 rings (SSSR count). The van der Waals surface area contributed by atoms with Crippen molar-refractivity contribution in [1.29, 1.82) is 0 Å². The van der Waals surface area contributed by atoms with Gasteiger partial charge in [0.05, 0.1) is 0 Å². The van der Waals surface area contributed by atoms with Crippen molar-refractivity contribution >= 4 is 17.7 Å². The van der Waals surface area contributed by atoms with E-state index in [2.05, 4.69) is 5.32 Å². The Balaban J connectivity index is 2.25. The Morgan fingerprint density at radius 1 is 1.17 bits per heavy atom. The zero-order valence-electron chi connectivity index (χ0n) is 10.3. The quantitative estimate of drug-likeness (QED) is 0.729. The summed E-state index contributed by atoms with van der Waals surface area (Å²) in [5.74, 6) is -1.16. The van der Waals surface area contributed by atoms with E-state index in [4.69, 9.17) is 0 Å². The number of benzene rings is 1. The summed E-state index contributed by atoms with van der Waals surface area (Å²) >= 11 is 0. The first-order valence-corrected chi connectivity index (χ1v) is 5.66. The Bertz CT molecular complexity index is 521. The lowest BCUT2D eigenvalue weighted by atomic mass is 10.0. The van der Waals surface area contributed by atoms with Crippen LogP contribution in [0.2, 0.25) is 0 Å². The first-order chi connectivity index (χ1) is 8.47. The molecule has 1 saturated heterocycles. The number of aryl methyl sites for hydroxylation is 2. The van der Waals surface area contributed by atoms with Gasteiger partial charge < -0.3 is 4.90 Å². The van der Waals surface area contributed by atoms with Crippen molar-refractivity contribution in [3.8, 4) is 0 Å². The minimum absolute atomic E-state index is 0.0715. The summed E-state index contributed by atoms with van der Waals surface area (Å²) in [6.07, 6.45) is 0. The van der Waals surface area contributed by atoms with Gasteiger partial charge in [0.25, 0.3) is 5.91 Å². The fourth-order valence-electron chi connectivity index (χ4n) is 2.00. The van der Waals surface area contributed by atoms with Crippen molar-refractivity contribution in [3.05, 3.63) is 34.9 Å². The predicted molar refractivity (Wildman–Crippen MR) is 65.0 cm³/mol. The highest BCUT2D eigenvalue weighted by Crippen LogP contribution is 2.13. The Labute approximate surface area is 105 Å². The monoisotopic (exact) mass is 246 g/mol. The number of hydrogen-bond donors (Lipinski definition) is 1. The minimum Gasteiger partial charge on any atom is -0.320 e. The summed E-state index contributed by atoms with van der Waals surface area (Å²) in [7, 11) is 0. The van der Waals surface area contributed by atoms with Gasteiger partial charge in [-0.1, -0.05) is 17.7 Å². The first kappa shape index (κ1) is 12.3. The molecular formula is C13H14N2O3. The average Bonchev–Trinajstić information content (AvgIpc) is 2.26. The third-order valence-electron chi connectivity index (χ3n) is 2.85. The highest BCUT2D eigenvalue weighted by atomic mass is 16.2. The normalized spacial score (nSPS) is 15.6. The number of carbonyl (C=O) groups excluding carboxylic acids is 3. The van der Waals surface area contributed by atoms with Gasteiger partial charge in [-0.2, -0.15) is 0 Å². The maximum absolute atomic E-state index is 12.2. The minimum atomic E-state index is -0.440. The SMILES string of the molecule is Cc1ccc(C(=O)N2CC(=O)NC(=O)C2)c(C)c1. The van der Waals surface area contributed by atoms with E-state index in [1.807, 2.05) is 26.0 Å². The van der Waals surface area contributed by atoms with Crippen LogP contribution in [0.15, 0.2) is 18.2 Å². The summed E-state index contributed by atoms with van der Waals surface area (Å²) in [6.45, 7) is 3.64. The molecule has 0 aliphatic carbocycles. The standard InChI is InChI=1S/C13H14N2O3/c1-8-3-4-10(9(2)5-8)13(18)15-6-11(16)14-12(17)7-15/h3-5H,6-7H2,1-2H3,(H,14,16,17). The third kappa shape index (κ3) is 2.40. The molecule has 1 fully saturated rings. The molecule has 1 aliphatic heterocycles.